The molecule has 0 N–H and O–H groups in total. The molecule has 22 heavy (non-hydrogen) atoms. The molecule has 0 bridgehead atoms. The van der Waals surface area contributed by atoms with Crippen LogP contribution in [0.25, 0.3) is 0 Å². The van der Waals surface area contributed by atoms with Crippen molar-refractivity contribution in [2.75, 3.05) is 13.2 Å². The molecule has 0 saturated heterocycles. The highest BCUT2D eigenvalue weighted by Crippen LogP contribution is 2.52. The molecule has 0 heterocycles. The summed E-state index contributed by atoms with van der Waals surface area (Å²) in [5.74, 6) is 0. The summed E-state index contributed by atoms with van der Waals surface area (Å²) in [6.45, 7) is 10.1. The number of nitrogens with zero attached hydrogens (tertiary/aromatic N) is 1. The largest absolute Gasteiger partial charge is 0.476 e. The van der Waals surface area contributed by atoms with Crippen molar-refractivity contribution in [3.8, 4) is 6.07 Å². The van der Waals surface area contributed by atoms with Crippen LogP contribution in [0.4, 0.5) is 0 Å². The molecule has 0 spiro atoms. The monoisotopic (exact) mass is 325 g/mol. The summed E-state index contributed by atoms with van der Waals surface area (Å²) in [6, 6.07) is 9.48. The zero-order chi connectivity index (χ0) is 16.8. The lowest BCUT2D eigenvalue weighted by atomic mass is 9.86. The lowest BCUT2D eigenvalue weighted by Crippen LogP contribution is -2.11. The van der Waals surface area contributed by atoms with E-state index < -0.39 is 13.9 Å². The van der Waals surface area contributed by atoms with Crippen LogP contribution in [0.1, 0.15) is 51.8 Å². The lowest BCUT2D eigenvalue weighted by Gasteiger charge is -2.21. The van der Waals surface area contributed by atoms with Gasteiger partial charge in [-0.25, -0.2) is 4.57 Å². The Balaban J connectivity index is 2.97. The molecule has 0 radical (unpaired) electrons. The molecule has 0 aliphatic carbocycles. The van der Waals surface area contributed by atoms with Gasteiger partial charge in [0, 0.05) is 0 Å². The Morgan fingerprint density at radius 2 is 1.64 bits per heavy atom. The van der Waals surface area contributed by atoms with Gasteiger partial charge < -0.3 is 0 Å². The molecule has 0 aromatic heterocycles. The predicted octanol–water partition coefficient (Wildman–Crippen LogP) is 4.75. The van der Waals surface area contributed by atoms with Gasteiger partial charge >= 0.3 is 7.82 Å². The molecule has 0 aliphatic heterocycles. The van der Waals surface area contributed by atoms with Crippen molar-refractivity contribution < 1.29 is 18.1 Å². The first-order valence-electron chi connectivity index (χ1n) is 7.33. The fraction of sp³-hybridized carbons (Fsp3) is 0.562. The third-order valence-corrected chi connectivity index (χ3v) is 4.62. The van der Waals surface area contributed by atoms with Crippen molar-refractivity contribution in [3.05, 3.63) is 35.4 Å². The Bertz CT molecular complexity index is 547. The molecule has 0 aliphatic rings. The van der Waals surface area contributed by atoms with Crippen LogP contribution in [0.5, 0.6) is 0 Å². The Morgan fingerprint density at radius 3 is 2.00 bits per heavy atom. The van der Waals surface area contributed by atoms with E-state index in [1.165, 1.54) is 0 Å². The van der Waals surface area contributed by atoms with Gasteiger partial charge in [-0.3, -0.25) is 13.6 Å². The summed E-state index contributed by atoms with van der Waals surface area (Å²) in [4.78, 5) is 0. The number of nitriles is 1. The normalized spacial score (nSPS) is 13.6. The highest BCUT2D eigenvalue weighted by Gasteiger charge is 2.31. The molecule has 1 aromatic rings. The van der Waals surface area contributed by atoms with Gasteiger partial charge in [0.15, 0.2) is 6.10 Å². The second kappa shape index (κ2) is 7.89. The Hall–Kier alpha value is -1.18. The fourth-order valence-corrected chi connectivity index (χ4v) is 3.12. The molecule has 0 saturated carbocycles. The Labute approximate surface area is 132 Å². The summed E-state index contributed by atoms with van der Waals surface area (Å²) < 4.78 is 27.8. The number of hydrogen-bond acceptors (Lipinski definition) is 5. The van der Waals surface area contributed by atoms with Gasteiger partial charge in [0.25, 0.3) is 0 Å². The van der Waals surface area contributed by atoms with Crippen LogP contribution in [-0.2, 0) is 23.6 Å². The molecule has 122 valence electrons. The summed E-state index contributed by atoms with van der Waals surface area (Å²) >= 11 is 0. The molecule has 6 heteroatoms. The predicted molar refractivity (Wildman–Crippen MR) is 85.4 cm³/mol. The summed E-state index contributed by atoms with van der Waals surface area (Å²) in [5.41, 5.74) is 1.79. The fourth-order valence-electron chi connectivity index (χ4n) is 1.86. The Morgan fingerprint density at radius 1 is 1.14 bits per heavy atom. The number of phosphoric acid groups is 1. The molecule has 0 amide bonds. The van der Waals surface area contributed by atoms with E-state index in [0.29, 0.717) is 5.56 Å². The van der Waals surface area contributed by atoms with Crippen LogP contribution in [0.3, 0.4) is 0 Å². The average molecular weight is 325 g/mol. The number of rotatable bonds is 7. The van der Waals surface area contributed by atoms with E-state index in [1.807, 2.05) is 18.2 Å². The van der Waals surface area contributed by atoms with E-state index >= 15 is 0 Å². The minimum absolute atomic E-state index is 0.0213. The molecule has 5 nitrogen and oxygen atoms in total. The molecule has 1 rings (SSSR count). The zero-order valence-corrected chi connectivity index (χ0v) is 14.7. The number of benzene rings is 1. The van der Waals surface area contributed by atoms with Crippen molar-refractivity contribution in [1.82, 2.24) is 0 Å². The second-order valence-electron chi connectivity index (χ2n) is 5.77. The van der Waals surface area contributed by atoms with Crippen LogP contribution in [0.2, 0.25) is 0 Å². The van der Waals surface area contributed by atoms with Crippen molar-refractivity contribution in [3.63, 3.8) is 0 Å². The third-order valence-electron chi connectivity index (χ3n) is 3.01. The maximum Gasteiger partial charge on any atom is 0.476 e. The average Bonchev–Trinajstić information content (AvgIpc) is 2.44. The molecule has 1 atom stereocenters. The second-order valence-corrected chi connectivity index (χ2v) is 7.39. The number of phosphoric ester groups is 1. The van der Waals surface area contributed by atoms with Crippen molar-refractivity contribution in [1.29, 1.82) is 5.26 Å². The summed E-state index contributed by atoms with van der Waals surface area (Å²) in [7, 11) is -3.72. The van der Waals surface area contributed by atoms with E-state index in [2.05, 4.69) is 20.8 Å². The maximum atomic E-state index is 12.4. The van der Waals surface area contributed by atoms with E-state index in [9.17, 15) is 9.83 Å². The van der Waals surface area contributed by atoms with Gasteiger partial charge in [0.2, 0.25) is 0 Å². The van der Waals surface area contributed by atoms with E-state index in [0.717, 1.165) is 5.56 Å². The van der Waals surface area contributed by atoms with Gasteiger partial charge in [-0.05, 0) is 30.4 Å². The minimum atomic E-state index is -3.72. The van der Waals surface area contributed by atoms with Crippen LogP contribution in [0, 0.1) is 11.3 Å². The first-order valence-corrected chi connectivity index (χ1v) is 8.79. The highest BCUT2D eigenvalue weighted by atomic mass is 31.2. The van der Waals surface area contributed by atoms with Crippen LogP contribution in [-0.4, -0.2) is 13.2 Å². The van der Waals surface area contributed by atoms with Gasteiger partial charge in [-0.15, -0.1) is 0 Å². The molecule has 1 aromatic carbocycles. The molecule has 1 unspecified atom stereocenters. The molecular weight excluding hydrogens is 301 g/mol. The first-order chi connectivity index (χ1) is 10.3. The minimum Gasteiger partial charge on any atom is -0.287 e. The maximum absolute atomic E-state index is 12.4. The quantitative estimate of drug-likeness (QED) is 0.677. The standard InChI is InChI=1S/C16H24NO4P/c1-6-19-22(18,20-7-2)21-15(12-17)13-8-10-14(11-9-13)16(3,4)5/h8-11,15H,6-7H2,1-5H3. The smallest absolute Gasteiger partial charge is 0.287 e. The zero-order valence-electron chi connectivity index (χ0n) is 13.8. The van der Waals surface area contributed by atoms with Crippen LogP contribution in [0.15, 0.2) is 24.3 Å². The molecular formula is C16H24NO4P. The van der Waals surface area contributed by atoms with Gasteiger partial charge in [-0.2, -0.15) is 5.26 Å². The molecule has 0 fully saturated rings. The lowest BCUT2D eigenvalue weighted by molar-refractivity contribution is 0.103. The van der Waals surface area contributed by atoms with Crippen LogP contribution >= 0.6 is 7.82 Å². The SMILES string of the molecule is CCOP(=O)(OCC)OC(C#N)c1ccc(C(C)(C)C)cc1. The van der Waals surface area contributed by atoms with E-state index in [4.69, 9.17) is 13.6 Å². The Kier molecular flexibility index (Phi) is 6.77. The van der Waals surface area contributed by atoms with E-state index in [1.54, 1.807) is 26.0 Å². The van der Waals surface area contributed by atoms with Crippen molar-refractivity contribution in [2.24, 2.45) is 0 Å². The third kappa shape index (κ3) is 5.23. The number of hydrogen-bond donors (Lipinski definition) is 0. The van der Waals surface area contributed by atoms with E-state index in [-0.39, 0.29) is 18.6 Å². The van der Waals surface area contributed by atoms with Crippen LogP contribution < -0.4 is 0 Å². The van der Waals surface area contributed by atoms with Gasteiger partial charge in [-0.1, -0.05) is 45.0 Å². The van der Waals surface area contributed by atoms with Crippen molar-refractivity contribution in [2.45, 2.75) is 46.1 Å². The van der Waals surface area contributed by atoms with Crippen molar-refractivity contribution >= 4 is 7.82 Å². The summed E-state index contributed by atoms with van der Waals surface area (Å²) in [5, 5.41) is 9.30. The summed E-state index contributed by atoms with van der Waals surface area (Å²) in [6.07, 6.45) is -1.00. The first kappa shape index (κ1) is 18.9. The highest BCUT2D eigenvalue weighted by molar-refractivity contribution is 7.48. The topological polar surface area (TPSA) is 68.6 Å². The van der Waals surface area contributed by atoms with Gasteiger partial charge in [0.05, 0.1) is 19.3 Å². The van der Waals surface area contributed by atoms with Gasteiger partial charge in [0.1, 0.15) is 0 Å².